The predicted octanol–water partition coefficient (Wildman–Crippen LogP) is 0.763. The highest BCUT2D eigenvalue weighted by Gasteiger charge is 2.53. The Balaban J connectivity index is 1.88. The summed E-state index contributed by atoms with van der Waals surface area (Å²) < 4.78 is 6.59. The summed E-state index contributed by atoms with van der Waals surface area (Å²) in [4.78, 5) is 30.3. The number of methoxy groups -OCH3 is 1. The lowest BCUT2D eigenvalue weighted by Crippen LogP contribution is -2.66. The Morgan fingerprint density at radius 2 is 2.15 bits per heavy atom. The summed E-state index contributed by atoms with van der Waals surface area (Å²) in [5, 5.41) is 7.58. The lowest BCUT2D eigenvalue weighted by atomic mass is 9.67. The van der Waals surface area contributed by atoms with Crippen molar-refractivity contribution in [1.82, 2.24) is 24.9 Å². The Labute approximate surface area is 164 Å². The van der Waals surface area contributed by atoms with Crippen molar-refractivity contribution < 1.29 is 14.3 Å². The van der Waals surface area contributed by atoms with Gasteiger partial charge in [-0.3, -0.25) is 14.3 Å². The van der Waals surface area contributed by atoms with E-state index < -0.39 is 5.41 Å². The third kappa shape index (κ3) is 3.83. The molecule has 2 amide bonds. The fourth-order valence-electron chi connectivity index (χ4n) is 4.33. The number of piperidine rings is 2. The number of aryl methyl sites for hydroxylation is 1. The molecule has 2 saturated heterocycles. The van der Waals surface area contributed by atoms with E-state index in [-0.39, 0.29) is 23.6 Å². The fraction of sp³-hybridized carbons (Fsp3) is 0.722. The molecule has 0 aliphatic carbocycles. The van der Waals surface area contributed by atoms with Crippen molar-refractivity contribution in [3.8, 4) is 0 Å². The molecule has 0 bridgehead atoms. The van der Waals surface area contributed by atoms with Gasteiger partial charge in [-0.05, 0) is 32.9 Å². The number of likely N-dealkylation sites (N-methyl/N-ethyl adjacent to an activating group) is 1. The number of nitrogens with one attached hydrogen (secondary N) is 1. The lowest BCUT2D eigenvalue weighted by molar-refractivity contribution is -0.142. The maximum Gasteiger partial charge on any atom is 0.276 e. The number of hydrogen-bond donors (Lipinski definition) is 1. The fourth-order valence-corrected chi connectivity index (χ4v) is 4.59. The Kier molecular flexibility index (Phi) is 6.08. The van der Waals surface area contributed by atoms with Gasteiger partial charge in [-0.25, -0.2) is 0 Å². The van der Waals surface area contributed by atoms with Crippen LogP contribution in [0, 0.1) is 5.41 Å². The number of nitrogens with zero attached hydrogens (tertiary/aromatic N) is 4. The Morgan fingerprint density at radius 1 is 1.37 bits per heavy atom. The van der Waals surface area contributed by atoms with E-state index in [4.69, 9.17) is 16.3 Å². The van der Waals surface area contributed by atoms with Crippen molar-refractivity contribution in [3.05, 3.63) is 16.9 Å². The second kappa shape index (κ2) is 8.16. The Bertz CT molecular complexity index is 709. The second-order valence-corrected chi connectivity index (χ2v) is 7.94. The molecule has 1 aromatic heterocycles. The zero-order valence-corrected chi connectivity index (χ0v) is 17.0. The number of amides is 2. The van der Waals surface area contributed by atoms with Crippen molar-refractivity contribution >= 4 is 23.4 Å². The van der Waals surface area contributed by atoms with Crippen LogP contribution in [0.2, 0.25) is 5.02 Å². The van der Waals surface area contributed by atoms with Crippen LogP contribution in [0.1, 0.15) is 29.8 Å². The minimum atomic E-state index is -0.574. The van der Waals surface area contributed by atoms with Crippen LogP contribution in [0.3, 0.4) is 0 Å². The van der Waals surface area contributed by atoms with Gasteiger partial charge in [-0.2, -0.15) is 5.10 Å². The van der Waals surface area contributed by atoms with Crippen LogP contribution in [0.5, 0.6) is 0 Å². The zero-order valence-electron chi connectivity index (χ0n) is 16.2. The van der Waals surface area contributed by atoms with Crippen LogP contribution in [-0.2, 0) is 16.6 Å². The van der Waals surface area contributed by atoms with Crippen LogP contribution in [-0.4, -0.2) is 84.4 Å². The first kappa shape index (κ1) is 20.1. The highest BCUT2D eigenvalue weighted by molar-refractivity contribution is 6.33. The van der Waals surface area contributed by atoms with Crippen LogP contribution >= 0.6 is 11.6 Å². The van der Waals surface area contributed by atoms with Gasteiger partial charge in [0.15, 0.2) is 5.69 Å². The Hall–Kier alpha value is -1.64. The molecule has 3 rings (SSSR count). The molecule has 2 aliphatic rings. The van der Waals surface area contributed by atoms with E-state index in [9.17, 15) is 9.59 Å². The quantitative estimate of drug-likeness (QED) is 0.742. The van der Waals surface area contributed by atoms with Gasteiger partial charge in [-0.15, -0.1) is 0 Å². The number of likely N-dealkylation sites (tertiary alicyclic amines) is 2. The smallest absolute Gasteiger partial charge is 0.276 e. The van der Waals surface area contributed by atoms with Crippen molar-refractivity contribution in [2.24, 2.45) is 12.5 Å². The zero-order chi connectivity index (χ0) is 19.6. The van der Waals surface area contributed by atoms with E-state index in [1.807, 2.05) is 11.9 Å². The van der Waals surface area contributed by atoms with E-state index >= 15 is 0 Å². The average molecular weight is 398 g/mol. The van der Waals surface area contributed by atoms with Crippen LogP contribution in [0.4, 0.5) is 0 Å². The molecular formula is C18H28ClN5O3. The number of aromatic nitrogens is 2. The number of fused-ring (bicyclic) bond motifs is 1. The van der Waals surface area contributed by atoms with Crippen molar-refractivity contribution in [2.45, 2.75) is 25.3 Å². The highest BCUT2D eigenvalue weighted by atomic mass is 35.5. The molecule has 2 atom stereocenters. The number of halogens is 1. The standard InChI is InChI=1S/C18H28ClN5O3/c1-22-9-6-18(17(26)20-7-10-27-3)5-4-8-24(14(18)12-22)16(25)15-13(19)11-23(2)21-15/h11,14H,4-10,12H2,1-3H3,(H,20,26)/t14-,18+/m0/s1. The summed E-state index contributed by atoms with van der Waals surface area (Å²) >= 11 is 6.21. The van der Waals surface area contributed by atoms with Crippen LogP contribution in [0.25, 0.3) is 0 Å². The second-order valence-electron chi connectivity index (χ2n) is 7.53. The van der Waals surface area contributed by atoms with Gasteiger partial charge < -0.3 is 19.9 Å². The molecule has 3 heterocycles. The first-order valence-electron chi connectivity index (χ1n) is 9.35. The number of rotatable bonds is 5. The molecule has 2 aliphatic heterocycles. The minimum Gasteiger partial charge on any atom is -0.383 e. The third-order valence-electron chi connectivity index (χ3n) is 5.75. The van der Waals surface area contributed by atoms with E-state index in [2.05, 4.69) is 15.3 Å². The van der Waals surface area contributed by atoms with E-state index in [1.54, 1.807) is 20.4 Å². The number of carbonyl (C=O) groups excluding carboxylic acids is 2. The van der Waals surface area contributed by atoms with Gasteiger partial charge in [-0.1, -0.05) is 11.6 Å². The molecule has 0 spiro atoms. The maximum atomic E-state index is 13.2. The predicted molar refractivity (Wildman–Crippen MR) is 102 cm³/mol. The summed E-state index contributed by atoms with van der Waals surface area (Å²) in [5.41, 5.74) is -0.321. The SMILES string of the molecule is COCCNC(=O)[C@@]12CCCN(C(=O)c3nn(C)cc3Cl)[C@H]1CN(C)CC2. The van der Waals surface area contributed by atoms with Gasteiger partial charge in [0.1, 0.15) is 0 Å². The molecule has 0 unspecified atom stereocenters. The van der Waals surface area contributed by atoms with E-state index in [0.29, 0.717) is 31.3 Å². The summed E-state index contributed by atoms with van der Waals surface area (Å²) in [5.74, 6) is -0.183. The monoisotopic (exact) mass is 397 g/mol. The van der Waals surface area contributed by atoms with E-state index in [1.165, 1.54) is 4.68 Å². The van der Waals surface area contributed by atoms with Gasteiger partial charge in [0, 0.05) is 40.0 Å². The first-order valence-corrected chi connectivity index (χ1v) is 9.73. The lowest BCUT2D eigenvalue weighted by Gasteiger charge is -2.53. The molecule has 150 valence electrons. The number of carbonyl (C=O) groups is 2. The largest absolute Gasteiger partial charge is 0.383 e. The summed E-state index contributed by atoms with van der Waals surface area (Å²) in [6.07, 6.45) is 3.92. The summed E-state index contributed by atoms with van der Waals surface area (Å²) in [7, 11) is 5.37. The highest BCUT2D eigenvalue weighted by Crippen LogP contribution is 2.43. The van der Waals surface area contributed by atoms with Crippen LogP contribution < -0.4 is 5.32 Å². The first-order chi connectivity index (χ1) is 12.9. The maximum absolute atomic E-state index is 13.2. The molecule has 8 nitrogen and oxygen atoms in total. The summed E-state index contributed by atoms with van der Waals surface area (Å²) in [6, 6.07) is -0.196. The van der Waals surface area contributed by atoms with Gasteiger partial charge in [0.2, 0.25) is 5.91 Å². The molecule has 1 aromatic rings. The average Bonchev–Trinajstić information content (AvgIpc) is 2.99. The van der Waals surface area contributed by atoms with E-state index in [0.717, 1.165) is 25.8 Å². The molecule has 0 radical (unpaired) electrons. The topological polar surface area (TPSA) is 79.7 Å². The number of ether oxygens (including phenoxy) is 1. The molecule has 9 heteroatoms. The Morgan fingerprint density at radius 3 is 2.81 bits per heavy atom. The van der Waals surface area contributed by atoms with Gasteiger partial charge in [0.05, 0.1) is 23.1 Å². The van der Waals surface area contributed by atoms with Crippen molar-refractivity contribution in [1.29, 1.82) is 0 Å². The molecular weight excluding hydrogens is 370 g/mol. The summed E-state index contributed by atoms with van der Waals surface area (Å²) in [6.45, 7) is 3.05. The third-order valence-corrected chi connectivity index (χ3v) is 6.03. The van der Waals surface area contributed by atoms with Crippen molar-refractivity contribution in [3.63, 3.8) is 0 Å². The van der Waals surface area contributed by atoms with Crippen LogP contribution in [0.15, 0.2) is 6.20 Å². The van der Waals surface area contributed by atoms with Gasteiger partial charge in [0.25, 0.3) is 5.91 Å². The molecule has 2 fully saturated rings. The molecule has 27 heavy (non-hydrogen) atoms. The molecule has 1 N–H and O–H groups in total. The molecule has 0 aromatic carbocycles. The normalized spacial score (nSPS) is 25.9. The van der Waals surface area contributed by atoms with Crippen molar-refractivity contribution in [2.75, 3.05) is 46.9 Å². The number of hydrogen-bond acceptors (Lipinski definition) is 5. The van der Waals surface area contributed by atoms with Gasteiger partial charge >= 0.3 is 0 Å². The minimum absolute atomic E-state index is 0.0160. The molecule has 0 saturated carbocycles.